The SMILES string of the molecule is O=c1c2ccc(Cl)cc2nc2n1CC/C2=C/c1cccc(F)c1F. The number of halogens is 3. The van der Waals surface area contributed by atoms with Crippen LogP contribution in [0.4, 0.5) is 8.78 Å². The van der Waals surface area contributed by atoms with Gasteiger partial charge in [-0.3, -0.25) is 9.36 Å². The minimum absolute atomic E-state index is 0.138. The minimum Gasteiger partial charge on any atom is -0.292 e. The Bertz CT molecular complexity index is 1070. The lowest BCUT2D eigenvalue weighted by Gasteiger charge is -2.06. The maximum absolute atomic E-state index is 13.9. The van der Waals surface area contributed by atoms with Crippen molar-refractivity contribution in [2.45, 2.75) is 13.0 Å². The van der Waals surface area contributed by atoms with E-state index in [0.29, 0.717) is 40.3 Å². The molecule has 0 unspecified atom stereocenters. The van der Waals surface area contributed by atoms with Crippen LogP contribution in [-0.2, 0) is 6.54 Å². The predicted octanol–water partition coefficient (Wildman–Crippen LogP) is 4.27. The van der Waals surface area contributed by atoms with Crippen molar-refractivity contribution in [1.82, 2.24) is 9.55 Å². The van der Waals surface area contributed by atoms with Crippen molar-refractivity contribution in [2.24, 2.45) is 0 Å². The number of rotatable bonds is 1. The van der Waals surface area contributed by atoms with Gasteiger partial charge in [0.25, 0.3) is 5.56 Å². The molecule has 1 aliphatic heterocycles. The normalized spacial score (nSPS) is 15.2. The molecule has 24 heavy (non-hydrogen) atoms. The molecular formula is C18H11ClF2N2O. The predicted molar refractivity (Wildman–Crippen MR) is 89.9 cm³/mol. The zero-order valence-electron chi connectivity index (χ0n) is 12.4. The number of hydrogen-bond acceptors (Lipinski definition) is 2. The smallest absolute Gasteiger partial charge is 0.261 e. The van der Waals surface area contributed by atoms with E-state index in [4.69, 9.17) is 11.6 Å². The van der Waals surface area contributed by atoms with E-state index >= 15 is 0 Å². The Labute approximate surface area is 140 Å². The molecule has 2 heterocycles. The molecule has 0 bridgehead atoms. The van der Waals surface area contributed by atoms with Crippen LogP contribution in [0.15, 0.2) is 41.2 Å². The van der Waals surface area contributed by atoms with Gasteiger partial charge in [-0.25, -0.2) is 13.8 Å². The van der Waals surface area contributed by atoms with Crippen LogP contribution < -0.4 is 5.56 Å². The molecule has 3 nitrogen and oxygen atoms in total. The van der Waals surface area contributed by atoms with Gasteiger partial charge < -0.3 is 0 Å². The van der Waals surface area contributed by atoms with E-state index in [-0.39, 0.29) is 11.1 Å². The lowest BCUT2D eigenvalue weighted by Crippen LogP contribution is -2.20. The lowest BCUT2D eigenvalue weighted by molar-refractivity contribution is 0.507. The van der Waals surface area contributed by atoms with Crippen molar-refractivity contribution in [2.75, 3.05) is 0 Å². The van der Waals surface area contributed by atoms with Crippen molar-refractivity contribution in [1.29, 1.82) is 0 Å². The van der Waals surface area contributed by atoms with E-state index in [1.807, 2.05) is 0 Å². The quantitative estimate of drug-likeness (QED) is 0.660. The average molecular weight is 345 g/mol. The Hall–Kier alpha value is -2.53. The standard InChI is InChI=1S/C18H11ClF2N2O/c19-12-4-5-13-15(9-12)22-17-11(6-7-23(17)18(13)24)8-10-2-1-3-14(20)16(10)21/h1-5,8-9H,6-7H2/b11-8-. The van der Waals surface area contributed by atoms with Crippen molar-refractivity contribution < 1.29 is 8.78 Å². The Balaban J connectivity index is 1.93. The van der Waals surface area contributed by atoms with Crippen LogP contribution in [-0.4, -0.2) is 9.55 Å². The first-order chi connectivity index (χ1) is 11.5. The Kier molecular flexibility index (Phi) is 3.46. The van der Waals surface area contributed by atoms with Crippen LogP contribution in [0.3, 0.4) is 0 Å². The molecule has 1 aliphatic rings. The van der Waals surface area contributed by atoms with E-state index in [1.54, 1.807) is 28.8 Å². The van der Waals surface area contributed by atoms with Gasteiger partial charge >= 0.3 is 0 Å². The third-order valence-electron chi connectivity index (χ3n) is 4.12. The summed E-state index contributed by atoms with van der Waals surface area (Å²) in [5.41, 5.74) is 1.17. The molecule has 0 N–H and O–H groups in total. The lowest BCUT2D eigenvalue weighted by atomic mass is 10.1. The average Bonchev–Trinajstić information content (AvgIpc) is 2.95. The Morgan fingerprint density at radius 1 is 1.21 bits per heavy atom. The van der Waals surface area contributed by atoms with Gasteiger partial charge in [0.05, 0.1) is 10.9 Å². The maximum Gasteiger partial charge on any atom is 0.261 e. The fourth-order valence-corrected chi connectivity index (χ4v) is 3.11. The summed E-state index contributed by atoms with van der Waals surface area (Å²) in [6.45, 7) is 0.461. The Morgan fingerprint density at radius 2 is 2.04 bits per heavy atom. The molecule has 120 valence electrons. The number of benzene rings is 2. The fraction of sp³-hybridized carbons (Fsp3) is 0.111. The topological polar surface area (TPSA) is 34.9 Å². The summed E-state index contributed by atoms with van der Waals surface area (Å²) in [5.74, 6) is -1.34. The first kappa shape index (κ1) is 15.0. The molecule has 1 aromatic heterocycles. The van der Waals surface area contributed by atoms with E-state index in [1.165, 1.54) is 12.1 Å². The number of aromatic nitrogens is 2. The van der Waals surface area contributed by atoms with Crippen LogP contribution in [0.2, 0.25) is 5.02 Å². The molecule has 4 rings (SSSR count). The van der Waals surface area contributed by atoms with Gasteiger partial charge in [0, 0.05) is 17.1 Å². The second kappa shape index (κ2) is 5.53. The fourth-order valence-electron chi connectivity index (χ4n) is 2.95. The molecule has 0 fully saturated rings. The summed E-state index contributed by atoms with van der Waals surface area (Å²) >= 11 is 5.97. The first-order valence-electron chi connectivity index (χ1n) is 7.39. The van der Waals surface area contributed by atoms with E-state index < -0.39 is 11.6 Å². The molecular weight excluding hydrogens is 334 g/mol. The molecule has 0 atom stereocenters. The highest BCUT2D eigenvalue weighted by Gasteiger charge is 2.21. The van der Waals surface area contributed by atoms with Gasteiger partial charge in [-0.15, -0.1) is 0 Å². The number of hydrogen-bond donors (Lipinski definition) is 0. The zero-order valence-corrected chi connectivity index (χ0v) is 13.1. The van der Waals surface area contributed by atoms with E-state index in [0.717, 1.165) is 6.07 Å². The van der Waals surface area contributed by atoms with Crippen LogP contribution in [0, 0.1) is 11.6 Å². The first-order valence-corrected chi connectivity index (χ1v) is 7.77. The third-order valence-corrected chi connectivity index (χ3v) is 4.36. The van der Waals surface area contributed by atoms with Crippen molar-refractivity contribution in [3.63, 3.8) is 0 Å². The van der Waals surface area contributed by atoms with E-state index in [2.05, 4.69) is 4.98 Å². The highest BCUT2D eigenvalue weighted by Crippen LogP contribution is 2.29. The van der Waals surface area contributed by atoms with Gasteiger partial charge in [-0.05, 0) is 42.3 Å². The highest BCUT2D eigenvalue weighted by atomic mass is 35.5. The summed E-state index contributed by atoms with van der Waals surface area (Å²) in [4.78, 5) is 17.1. The summed E-state index contributed by atoms with van der Waals surface area (Å²) < 4.78 is 28.8. The summed E-state index contributed by atoms with van der Waals surface area (Å²) in [6, 6.07) is 8.92. The van der Waals surface area contributed by atoms with Gasteiger partial charge in [0.2, 0.25) is 0 Å². The van der Waals surface area contributed by atoms with Crippen molar-refractivity contribution >= 4 is 34.2 Å². The zero-order chi connectivity index (χ0) is 16.8. The van der Waals surface area contributed by atoms with Crippen LogP contribution in [0.25, 0.3) is 22.6 Å². The third kappa shape index (κ3) is 2.32. The monoisotopic (exact) mass is 344 g/mol. The molecule has 2 aromatic carbocycles. The van der Waals surface area contributed by atoms with Crippen LogP contribution >= 0.6 is 11.6 Å². The minimum atomic E-state index is -0.908. The molecule has 0 amide bonds. The van der Waals surface area contributed by atoms with E-state index in [9.17, 15) is 13.6 Å². The molecule has 0 saturated carbocycles. The molecule has 0 saturated heterocycles. The van der Waals surface area contributed by atoms with Gasteiger partial charge in [0.15, 0.2) is 11.6 Å². The second-order valence-corrected chi connectivity index (χ2v) is 6.05. The highest BCUT2D eigenvalue weighted by molar-refractivity contribution is 6.31. The molecule has 6 heteroatoms. The molecule has 0 aliphatic carbocycles. The number of fused-ring (bicyclic) bond motifs is 2. The molecule has 3 aromatic rings. The number of nitrogens with zero attached hydrogens (tertiary/aromatic N) is 2. The number of allylic oxidation sites excluding steroid dienone is 1. The second-order valence-electron chi connectivity index (χ2n) is 5.62. The Morgan fingerprint density at radius 3 is 2.88 bits per heavy atom. The summed E-state index contributed by atoms with van der Waals surface area (Å²) in [6.07, 6.45) is 2.07. The largest absolute Gasteiger partial charge is 0.292 e. The maximum atomic E-state index is 13.9. The molecule has 0 radical (unpaired) electrons. The van der Waals surface area contributed by atoms with Gasteiger partial charge in [-0.1, -0.05) is 23.7 Å². The summed E-state index contributed by atoms with van der Waals surface area (Å²) in [7, 11) is 0. The van der Waals surface area contributed by atoms with Gasteiger partial charge in [0.1, 0.15) is 5.82 Å². The molecule has 0 spiro atoms. The summed E-state index contributed by atoms with van der Waals surface area (Å²) in [5, 5.41) is 0.973. The van der Waals surface area contributed by atoms with Gasteiger partial charge in [-0.2, -0.15) is 0 Å². The van der Waals surface area contributed by atoms with Crippen molar-refractivity contribution in [3.05, 3.63) is 74.8 Å². The van der Waals surface area contributed by atoms with Crippen molar-refractivity contribution in [3.8, 4) is 0 Å². The van der Waals surface area contributed by atoms with Crippen LogP contribution in [0.1, 0.15) is 17.8 Å². The van der Waals surface area contributed by atoms with Crippen LogP contribution in [0.5, 0.6) is 0 Å².